The summed E-state index contributed by atoms with van der Waals surface area (Å²) in [6.07, 6.45) is 2.52. The third-order valence-electron chi connectivity index (χ3n) is 3.77. The van der Waals surface area contributed by atoms with Crippen molar-refractivity contribution in [1.29, 1.82) is 0 Å². The molecule has 23 heavy (non-hydrogen) atoms. The predicted molar refractivity (Wildman–Crippen MR) is 92.6 cm³/mol. The molecule has 0 radical (unpaired) electrons. The topological polar surface area (TPSA) is 88.0 Å². The van der Waals surface area contributed by atoms with E-state index in [9.17, 15) is 8.42 Å². The van der Waals surface area contributed by atoms with Crippen LogP contribution < -0.4 is 10.5 Å². The van der Waals surface area contributed by atoms with Gasteiger partial charge in [0.2, 0.25) is 10.0 Å². The molecule has 2 aromatic carbocycles. The quantitative estimate of drug-likeness (QED) is 0.629. The van der Waals surface area contributed by atoms with Gasteiger partial charge in [-0.05, 0) is 37.1 Å². The molecule has 3 rings (SSSR count). The molecule has 6 heteroatoms. The number of nitrogens with one attached hydrogen (secondary N) is 2. The molecule has 1 atom stereocenters. The van der Waals surface area contributed by atoms with E-state index < -0.39 is 10.0 Å². The van der Waals surface area contributed by atoms with Gasteiger partial charge in [-0.2, -0.15) is 0 Å². The second-order valence-corrected chi connectivity index (χ2v) is 7.31. The summed E-state index contributed by atoms with van der Waals surface area (Å²) in [6, 6.07) is 14.2. The van der Waals surface area contributed by atoms with Crippen LogP contribution in [0.5, 0.6) is 0 Å². The van der Waals surface area contributed by atoms with E-state index in [2.05, 4.69) is 9.71 Å². The van der Waals surface area contributed by atoms with Crippen molar-refractivity contribution >= 4 is 26.6 Å². The van der Waals surface area contributed by atoms with E-state index in [0.29, 0.717) is 6.42 Å². The molecule has 1 unspecified atom stereocenters. The van der Waals surface area contributed by atoms with Crippen molar-refractivity contribution in [1.82, 2.24) is 9.71 Å². The second kappa shape index (κ2) is 6.06. The highest BCUT2D eigenvalue weighted by atomic mass is 32.2. The van der Waals surface area contributed by atoms with Crippen LogP contribution in [0.4, 0.5) is 5.69 Å². The lowest BCUT2D eigenvalue weighted by molar-refractivity contribution is 0.560. The fourth-order valence-electron chi connectivity index (χ4n) is 2.73. The minimum Gasteiger partial charge on any atom is -0.398 e. The highest BCUT2D eigenvalue weighted by Crippen LogP contribution is 2.21. The lowest BCUT2D eigenvalue weighted by atomic mass is 10.1. The maximum atomic E-state index is 12.5. The number of hydrogen-bond donors (Lipinski definition) is 3. The Morgan fingerprint density at radius 2 is 1.83 bits per heavy atom. The van der Waals surface area contributed by atoms with Crippen molar-refractivity contribution in [3.63, 3.8) is 0 Å². The molecule has 0 fully saturated rings. The smallest absolute Gasteiger partial charge is 0.242 e. The first-order chi connectivity index (χ1) is 11.0. The van der Waals surface area contributed by atoms with Gasteiger partial charge in [0.05, 0.1) is 5.69 Å². The van der Waals surface area contributed by atoms with E-state index in [-0.39, 0.29) is 16.6 Å². The minimum absolute atomic E-state index is 0.116. The number of hydrogen-bond acceptors (Lipinski definition) is 3. The maximum absolute atomic E-state index is 12.5. The van der Waals surface area contributed by atoms with Crippen LogP contribution in [0.1, 0.15) is 12.5 Å². The molecule has 5 nitrogen and oxygen atoms in total. The Hall–Kier alpha value is -2.31. The lowest BCUT2D eigenvalue weighted by Gasteiger charge is -2.15. The largest absolute Gasteiger partial charge is 0.398 e. The number of benzene rings is 2. The number of aromatic nitrogens is 1. The van der Waals surface area contributed by atoms with Gasteiger partial charge >= 0.3 is 0 Å². The summed E-state index contributed by atoms with van der Waals surface area (Å²) in [5, 5.41) is 1.11. The van der Waals surface area contributed by atoms with Gasteiger partial charge in [-0.3, -0.25) is 0 Å². The lowest BCUT2D eigenvalue weighted by Crippen LogP contribution is -2.34. The average Bonchev–Trinajstić information content (AvgIpc) is 2.90. The zero-order valence-corrected chi connectivity index (χ0v) is 13.6. The van der Waals surface area contributed by atoms with Gasteiger partial charge in [0.15, 0.2) is 0 Å². The van der Waals surface area contributed by atoms with Crippen molar-refractivity contribution in [2.24, 2.45) is 0 Å². The SMILES string of the molecule is CC(Cc1c[nH]c2ccccc12)NS(=O)(=O)c1ccccc1N. The number of nitrogens with two attached hydrogens (primary N) is 1. The van der Waals surface area contributed by atoms with Crippen LogP contribution in [0.2, 0.25) is 0 Å². The third kappa shape index (κ3) is 3.23. The number of nitrogen functional groups attached to an aromatic ring is 1. The first-order valence-corrected chi connectivity index (χ1v) is 8.87. The van der Waals surface area contributed by atoms with Crippen LogP contribution in [0, 0.1) is 0 Å². The molecule has 0 saturated heterocycles. The van der Waals surface area contributed by atoms with Crippen LogP contribution >= 0.6 is 0 Å². The Morgan fingerprint density at radius 1 is 1.13 bits per heavy atom. The Kier molecular flexibility index (Phi) is 4.11. The average molecular weight is 329 g/mol. The van der Waals surface area contributed by atoms with E-state index >= 15 is 0 Å². The standard InChI is InChI=1S/C17H19N3O2S/c1-12(10-13-11-19-16-8-4-2-6-14(13)16)20-23(21,22)17-9-5-3-7-15(17)18/h2-9,11-12,19-20H,10,18H2,1H3. The number of anilines is 1. The molecule has 0 aliphatic heterocycles. The summed E-state index contributed by atoms with van der Waals surface area (Å²) in [7, 11) is -3.63. The van der Waals surface area contributed by atoms with E-state index in [1.807, 2.05) is 37.4 Å². The highest BCUT2D eigenvalue weighted by molar-refractivity contribution is 7.89. The first kappa shape index (κ1) is 15.6. The summed E-state index contributed by atoms with van der Waals surface area (Å²) in [6.45, 7) is 1.85. The molecule has 1 aromatic heterocycles. The van der Waals surface area contributed by atoms with Crippen LogP contribution in [0.3, 0.4) is 0 Å². The molecular formula is C17H19N3O2S. The molecule has 1 heterocycles. The molecule has 4 N–H and O–H groups in total. The van der Waals surface area contributed by atoms with Gasteiger partial charge < -0.3 is 10.7 Å². The highest BCUT2D eigenvalue weighted by Gasteiger charge is 2.20. The molecule has 0 saturated carbocycles. The van der Waals surface area contributed by atoms with Crippen LogP contribution in [-0.4, -0.2) is 19.4 Å². The number of sulfonamides is 1. The van der Waals surface area contributed by atoms with E-state index in [0.717, 1.165) is 16.5 Å². The van der Waals surface area contributed by atoms with E-state index in [1.54, 1.807) is 18.2 Å². The zero-order valence-electron chi connectivity index (χ0n) is 12.8. The number of aromatic amines is 1. The minimum atomic E-state index is -3.63. The third-order valence-corrected chi connectivity index (χ3v) is 5.43. The summed E-state index contributed by atoms with van der Waals surface area (Å²) in [5.74, 6) is 0. The molecule has 0 amide bonds. The normalized spacial score (nSPS) is 13.3. The molecular weight excluding hydrogens is 310 g/mol. The molecule has 0 spiro atoms. The maximum Gasteiger partial charge on any atom is 0.242 e. The number of rotatable bonds is 5. The van der Waals surface area contributed by atoms with Crippen molar-refractivity contribution in [2.45, 2.75) is 24.3 Å². The van der Waals surface area contributed by atoms with Gasteiger partial charge in [0.25, 0.3) is 0 Å². The number of H-pyrrole nitrogens is 1. The van der Waals surface area contributed by atoms with Crippen molar-refractivity contribution in [3.05, 3.63) is 60.3 Å². The van der Waals surface area contributed by atoms with E-state index in [4.69, 9.17) is 5.73 Å². The summed E-state index contributed by atoms with van der Waals surface area (Å²) >= 11 is 0. The summed E-state index contributed by atoms with van der Waals surface area (Å²) in [5.41, 5.74) is 8.14. The van der Waals surface area contributed by atoms with Crippen molar-refractivity contribution < 1.29 is 8.42 Å². The van der Waals surface area contributed by atoms with Gasteiger partial charge in [-0.15, -0.1) is 0 Å². The fraction of sp³-hybridized carbons (Fsp3) is 0.176. The molecule has 0 aliphatic rings. The van der Waals surface area contributed by atoms with Crippen molar-refractivity contribution in [3.8, 4) is 0 Å². The van der Waals surface area contributed by atoms with Crippen LogP contribution in [-0.2, 0) is 16.4 Å². The summed E-state index contributed by atoms with van der Waals surface area (Å²) < 4.78 is 27.6. The Bertz CT molecular complexity index is 932. The fourth-order valence-corrected chi connectivity index (χ4v) is 4.10. The van der Waals surface area contributed by atoms with Crippen LogP contribution in [0.15, 0.2) is 59.6 Å². The Labute approximate surface area is 135 Å². The number of para-hydroxylation sites is 2. The summed E-state index contributed by atoms with van der Waals surface area (Å²) in [4.78, 5) is 3.32. The molecule has 0 bridgehead atoms. The van der Waals surface area contributed by atoms with Gasteiger partial charge in [0.1, 0.15) is 4.90 Å². The zero-order chi connectivity index (χ0) is 16.4. The number of fused-ring (bicyclic) bond motifs is 1. The predicted octanol–water partition coefficient (Wildman–Crippen LogP) is 2.66. The van der Waals surface area contributed by atoms with Gasteiger partial charge in [-0.25, -0.2) is 13.1 Å². The molecule has 0 aliphatic carbocycles. The molecule has 3 aromatic rings. The second-order valence-electron chi connectivity index (χ2n) is 5.62. The monoisotopic (exact) mass is 329 g/mol. The Balaban J connectivity index is 1.79. The van der Waals surface area contributed by atoms with Gasteiger partial charge in [-0.1, -0.05) is 30.3 Å². The van der Waals surface area contributed by atoms with Crippen molar-refractivity contribution in [2.75, 3.05) is 5.73 Å². The first-order valence-electron chi connectivity index (χ1n) is 7.39. The molecule has 120 valence electrons. The van der Waals surface area contributed by atoms with Crippen LogP contribution in [0.25, 0.3) is 10.9 Å². The Morgan fingerprint density at radius 3 is 2.61 bits per heavy atom. The van der Waals surface area contributed by atoms with E-state index in [1.165, 1.54) is 6.07 Å². The van der Waals surface area contributed by atoms with Gasteiger partial charge in [0, 0.05) is 23.1 Å².